The molecule has 23 heavy (non-hydrogen) atoms. The number of carbonyl (C=O) groups excluding carboxylic acids is 1. The Balaban J connectivity index is 2.57. The number of amides is 1. The highest BCUT2D eigenvalue weighted by Gasteiger charge is 2.14. The zero-order chi connectivity index (χ0) is 17.4. The minimum Gasteiger partial charge on any atom is -0.497 e. The van der Waals surface area contributed by atoms with Gasteiger partial charge in [0.05, 0.1) is 20.6 Å². The van der Waals surface area contributed by atoms with Gasteiger partial charge in [0.15, 0.2) is 0 Å². The standard InChI is InChI=1S/C18H30N2O3/c1-13(2)20(14(3)4)10-9-19-18(21)12-15-11-16(22-5)7-8-17(15)23-6/h7-8,11,13-14H,9-10,12H2,1-6H3,(H,19,21). The fourth-order valence-corrected chi connectivity index (χ4v) is 2.69. The van der Waals surface area contributed by atoms with E-state index in [2.05, 4.69) is 37.9 Å². The van der Waals surface area contributed by atoms with Gasteiger partial charge >= 0.3 is 0 Å². The number of methoxy groups -OCH3 is 2. The molecule has 0 heterocycles. The molecule has 0 unspecified atom stereocenters. The Labute approximate surface area is 140 Å². The van der Waals surface area contributed by atoms with Gasteiger partial charge in [-0.15, -0.1) is 0 Å². The molecule has 5 heteroatoms. The van der Waals surface area contributed by atoms with Crippen LogP contribution in [-0.4, -0.2) is 50.2 Å². The Morgan fingerprint density at radius 3 is 2.30 bits per heavy atom. The van der Waals surface area contributed by atoms with E-state index in [4.69, 9.17) is 9.47 Å². The van der Waals surface area contributed by atoms with Crippen molar-refractivity contribution in [2.45, 2.75) is 46.2 Å². The van der Waals surface area contributed by atoms with E-state index in [-0.39, 0.29) is 12.3 Å². The second kappa shape index (κ2) is 9.40. The number of ether oxygens (including phenoxy) is 2. The first-order valence-electron chi connectivity index (χ1n) is 8.12. The smallest absolute Gasteiger partial charge is 0.224 e. The summed E-state index contributed by atoms with van der Waals surface area (Å²) in [6.07, 6.45) is 0.281. The lowest BCUT2D eigenvalue weighted by atomic mass is 10.1. The average molecular weight is 322 g/mol. The molecule has 0 bridgehead atoms. The van der Waals surface area contributed by atoms with E-state index in [1.54, 1.807) is 14.2 Å². The monoisotopic (exact) mass is 322 g/mol. The van der Waals surface area contributed by atoms with Gasteiger partial charge in [-0.2, -0.15) is 0 Å². The van der Waals surface area contributed by atoms with Crippen LogP contribution < -0.4 is 14.8 Å². The molecule has 0 aliphatic rings. The first kappa shape index (κ1) is 19.3. The van der Waals surface area contributed by atoms with Crippen molar-refractivity contribution >= 4 is 5.91 Å². The largest absolute Gasteiger partial charge is 0.497 e. The van der Waals surface area contributed by atoms with Crippen molar-refractivity contribution in [3.8, 4) is 11.5 Å². The number of nitrogens with one attached hydrogen (secondary N) is 1. The van der Waals surface area contributed by atoms with Gasteiger partial charge in [0.2, 0.25) is 5.91 Å². The molecular formula is C18H30N2O3. The number of benzene rings is 1. The lowest BCUT2D eigenvalue weighted by Gasteiger charge is -2.30. The third-order valence-corrected chi connectivity index (χ3v) is 3.86. The van der Waals surface area contributed by atoms with Crippen LogP contribution >= 0.6 is 0 Å². The van der Waals surface area contributed by atoms with Crippen LogP contribution in [0, 0.1) is 0 Å². The molecule has 1 amide bonds. The Morgan fingerprint density at radius 1 is 1.13 bits per heavy atom. The van der Waals surface area contributed by atoms with Crippen molar-refractivity contribution in [3.63, 3.8) is 0 Å². The van der Waals surface area contributed by atoms with Gasteiger partial charge in [-0.1, -0.05) is 0 Å². The summed E-state index contributed by atoms with van der Waals surface area (Å²) in [7, 11) is 3.21. The van der Waals surface area contributed by atoms with E-state index in [0.717, 1.165) is 17.9 Å². The van der Waals surface area contributed by atoms with Crippen molar-refractivity contribution < 1.29 is 14.3 Å². The van der Waals surface area contributed by atoms with E-state index < -0.39 is 0 Å². The highest BCUT2D eigenvalue weighted by Crippen LogP contribution is 2.24. The highest BCUT2D eigenvalue weighted by atomic mass is 16.5. The van der Waals surface area contributed by atoms with Gasteiger partial charge < -0.3 is 14.8 Å². The summed E-state index contributed by atoms with van der Waals surface area (Å²) in [5.74, 6) is 1.41. The van der Waals surface area contributed by atoms with Crippen LogP contribution in [0.3, 0.4) is 0 Å². The average Bonchev–Trinajstić information content (AvgIpc) is 2.50. The molecule has 0 aliphatic carbocycles. The lowest BCUT2D eigenvalue weighted by molar-refractivity contribution is -0.120. The molecule has 0 radical (unpaired) electrons. The maximum Gasteiger partial charge on any atom is 0.224 e. The molecule has 5 nitrogen and oxygen atoms in total. The summed E-state index contributed by atoms with van der Waals surface area (Å²) >= 11 is 0. The minimum absolute atomic E-state index is 0.0102. The third-order valence-electron chi connectivity index (χ3n) is 3.86. The highest BCUT2D eigenvalue weighted by molar-refractivity contribution is 5.79. The summed E-state index contributed by atoms with van der Waals surface area (Å²) < 4.78 is 10.5. The summed E-state index contributed by atoms with van der Waals surface area (Å²) in [6.45, 7) is 10.2. The van der Waals surface area contributed by atoms with Crippen LogP contribution in [0.25, 0.3) is 0 Å². The molecule has 130 valence electrons. The Morgan fingerprint density at radius 2 is 1.78 bits per heavy atom. The fourth-order valence-electron chi connectivity index (χ4n) is 2.69. The van der Waals surface area contributed by atoms with Gasteiger partial charge in [-0.05, 0) is 45.9 Å². The van der Waals surface area contributed by atoms with Crippen LogP contribution in [0.15, 0.2) is 18.2 Å². The molecule has 0 saturated carbocycles. The topological polar surface area (TPSA) is 50.8 Å². The summed E-state index contributed by atoms with van der Waals surface area (Å²) in [5.41, 5.74) is 0.828. The van der Waals surface area contributed by atoms with Crippen LogP contribution in [0.2, 0.25) is 0 Å². The predicted molar refractivity (Wildman–Crippen MR) is 93.2 cm³/mol. The van der Waals surface area contributed by atoms with Crippen LogP contribution in [0.1, 0.15) is 33.3 Å². The SMILES string of the molecule is COc1ccc(OC)c(CC(=O)NCCN(C(C)C)C(C)C)c1. The Hall–Kier alpha value is -1.75. The van der Waals surface area contributed by atoms with Gasteiger partial charge in [-0.3, -0.25) is 9.69 Å². The normalized spacial score (nSPS) is 11.2. The molecular weight excluding hydrogens is 292 g/mol. The Bertz CT molecular complexity index is 493. The molecule has 0 spiro atoms. The summed E-state index contributed by atoms with van der Waals surface area (Å²) in [6, 6.07) is 6.41. The van der Waals surface area contributed by atoms with E-state index >= 15 is 0 Å². The van der Waals surface area contributed by atoms with Crippen molar-refractivity contribution in [1.29, 1.82) is 0 Å². The molecule has 0 saturated heterocycles. The van der Waals surface area contributed by atoms with E-state index in [1.807, 2.05) is 18.2 Å². The van der Waals surface area contributed by atoms with Gasteiger partial charge in [0.1, 0.15) is 11.5 Å². The molecule has 0 aliphatic heterocycles. The van der Waals surface area contributed by atoms with Crippen molar-refractivity contribution in [1.82, 2.24) is 10.2 Å². The van der Waals surface area contributed by atoms with Crippen LogP contribution in [-0.2, 0) is 11.2 Å². The van der Waals surface area contributed by atoms with Gasteiger partial charge in [0, 0.05) is 30.7 Å². The summed E-state index contributed by atoms with van der Waals surface area (Å²) in [4.78, 5) is 14.5. The molecule has 1 aromatic carbocycles. The predicted octanol–water partition coefficient (Wildman–Crippen LogP) is 2.48. The van der Waals surface area contributed by atoms with E-state index in [0.29, 0.717) is 24.4 Å². The number of hydrogen-bond acceptors (Lipinski definition) is 4. The molecule has 0 atom stereocenters. The first-order valence-corrected chi connectivity index (χ1v) is 8.12. The quantitative estimate of drug-likeness (QED) is 0.759. The van der Waals surface area contributed by atoms with Crippen molar-refractivity contribution in [3.05, 3.63) is 23.8 Å². The third kappa shape index (κ3) is 6.10. The van der Waals surface area contributed by atoms with Crippen molar-refractivity contribution in [2.75, 3.05) is 27.3 Å². The van der Waals surface area contributed by atoms with Crippen molar-refractivity contribution in [2.24, 2.45) is 0 Å². The van der Waals surface area contributed by atoms with Gasteiger partial charge in [0.25, 0.3) is 0 Å². The number of rotatable bonds is 9. The lowest BCUT2D eigenvalue weighted by Crippen LogP contribution is -2.42. The second-order valence-electron chi connectivity index (χ2n) is 6.13. The minimum atomic E-state index is -0.0102. The van der Waals surface area contributed by atoms with Crippen LogP contribution in [0.5, 0.6) is 11.5 Å². The number of hydrogen-bond donors (Lipinski definition) is 1. The second-order valence-corrected chi connectivity index (χ2v) is 6.13. The van der Waals surface area contributed by atoms with Gasteiger partial charge in [-0.25, -0.2) is 0 Å². The van der Waals surface area contributed by atoms with E-state index in [1.165, 1.54) is 0 Å². The molecule has 0 aromatic heterocycles. The molecule has 1 N–H and O–H groups in total. The first-order chi connectivity index (χ1) is 10.9. The number of nitrogens with zero attached hydrogens (tertiary/aromatic N) is 1. The Kier molecular flexibility index (Phi) is 7.89. The van der Waals surface area contributed by atoms with Crippen LogP contribution in [0.4, 0.5) is 0 Å². The molecule has 1 rings (SSSR count). The fraction of sp³-hybridized carbons (Fsp3) is 0.611. The zero-order valence-electron chi connectivity index (χ0n) is 15.2. The molecule has 1 aromatic rings. The molecule has 0 fully saturated rings. The maximum atomic E-state index is 12.2. The van der Waals surface area contributed by atoms with E-state index in [9.17, 15) is 4.79 Å². The maximum absolute atomic E-state index is 12.2. The number of carbonyl (C=O) groups is 1. The zero-order valence-corrected chi connectivity index (χ0v) is 15.2. The summed E-state index contributed by atoms with van der Waals surface area (Å²) in [5, 5.41) is 2.98.